The molecular formula is C15H22N2O. The quantitative estimate of drug-likeness (QED) is 0.784. The van der Waals surface area contributed by atoms with Crippen LogP contribution in [0.5, 0.6) is 0 Å². The van der Waals surface area contributed by atoms with E-state index in [9.17, 15) is 4.79 Å². The second-order valence-corrected chi connectivity index (χ2v) is 4.77. The van der Waals surface area contributed by atoms with E-state index in [1.807, 2.05) is 52.0 Å². The summed E-state index contributed by atoms with van der Waals surface area (Å²) in [7, 11) is 0. The van der Waals surface area contributed by atoms with Crippen LogP contribution in [-0.2, 0) is 4.79 Å². The van der Waals surface area contributed by atoms with Gasteiger partial charge in [-0.15, -0.1) is 0 Å². The summed E-state index contributed by atoms with van der Waals surface area (Å²) in [6.45, 7) is 8.68. The summed E-state index contributed by atoms with van der Waals surface area (Å²) in [5.74, 6) is -0.0130. The molecule has 0 aromatic heterocycles. The van der Waals surface area contributed by atoms with Crippen molar-refractivity contribution in [1.82, 2.24) is 5.32 Å². The van der Waals surface area contributed by atoms with E-state index < -0.39 is 0 Å². The van der Waals surface area contributed by atoms with E-state index in [4.69, 9.17) is 0 Å². The van der Waals surface area contributed by atoms with Gasteiger partial charge in [-0.05, 0) is 39.8 Å². The molecule has 0 bridgehead atoms. The van der Waals surface area contributed by atoms with E-state index in [1.54, 1.807) is 0 Å². The first-order valence-electron chi connectivity index (χ1n) is 6.23. The van der Waals surface area contributed by atoms with Gasteiger partial charge < -0.3 is 10.6 Å². The number of anilines is 1. The first-order valence-corrected chi connectivity index (χ1v) is 6.23. The summed E-state index contributed by atoms with van der Waals surface area (Å²) in [5, 5.41) is 6.04. The summed E-state index contributed by atoms with van der Waals surface area (Å²) < 4.78 is 0. The van der Waals surface area contributed by atoms with Crippen LogP contribution in [0, 0.1) is 6.92 Å². The molecule has 3 nitrogen and oxygen atoms in total. The minimum Gasteiger partial charge on any atom is -0.325 e. The number of benzene rings is 1. The van der Waals surface area contributed by atoms with Crippen molar-refractivity contribution >= 4 is 11.6 Å². The third-order valence-corrected chi connectivity index (χ3v) is 2.65. The molecule has 1 unspecified atom stereocenters. The molecule has 0 aliphatic carbocycles. The van der Waals surface area contributed by atoms with Crippen LogP contribution in [0.2, 0.25) is 0 Å². The number of allylic oxidation sites excluding steroid dienone is 1. The summed E-state index contributed by atoms with van der Waals surface area (Å²) in [5.41, 5.74) is 3.26. The molecule has 0 saturated carbocycles. The number of nitrogens with one attached hydrogen (secondary N) is 2. The Kier molecular flexibility index (Phi) is 5.59. The van der Waals surface area contributed by atoms with E-state index in [-0.39, 0.29) is 11.9 Å². The van der Waals surface area contributed by atoms with Crippen molar-refractivity contribution in [3.05, 3.63) is 41.5 Å². The molecule has 98 valence electrons. The summed E-state index contributed by atoms with van der Waals surface area (Å²) >= 11 is 0. The molecule has 18 heavy (non-hydrogen) atoms. The molecule has 1 amide bonds. The third kappa shape index (κ3) is 5.15. The fourth-order valence-corrected chi connectivity index (χ4v) is 1.42. The van der Waals surface area contributed by atoms with Crippen LogP contribution in [0.3, 0.4) is 0 Å². The summed E-state index contributed by atoms with van der Waals surface area (Å²) in [4.78, 5) is 11.9. The highest BCUT2D eigenvalue weighted by Gasteiger charge is 2.11. The van der Waals surface area contributed by atoms with E-state index in [0.29, 0.717) is 6.54 Å². The lowest BCUT2D eigenvalue weighted by Gasteiger charge is -2.13. The Hall–Kier alpha value is -1.61. The van der Waals surface area contributed by atoms with Crippen LogP contribution >= 0.6 is 0 Å². The summed E-state index contributed by atoms with van der Waals surface area (Å²) in [6, 6.07) is 7.58. The Bertz CT molecular complexity index is 417. The second-order valence-electron chi connectivity index (χ2n) is 4.77. The number of carbonyl (C=O) groups excluding carboxylic acids is 1. The van der Waals surface area contributed by atoms with Crippen molar-refractivity contribution in [1.29, 1.82) is 0 Å². The second kappa shape index (κ2) is 6.97. The van der Waals surface area contributed by atoms with Gasteiger partial charge in [0, 0.05) is 12.2 Å². The van der Waals surface area contributed by atoms with Gasteiger partial charge in [0.15, 0.2) is 0 Å². The fourth-order valence-electron chi connectivity index (χ4n) is 1.42. The molecule has 0 radical (unpaired) electrons. The summed E-state index contributed by atoms with van der Waals surface area (Å²) in [6.07, 6.45) is 2.07. The lowest BCUT2D eigenvalue weighted by molar-refractivity contribution is -0.117. The van der Waals surface area contributed by atoms with Crippen LogP contribution in [0.25, 0.3) is 0 Å². The topological polar surface area (TPSA) is 41.1 Å². The van der Waals surface area contributed by atoms with Crippen molar-refractivity contribution in [2.75, 3.05) is 11.9 Å². The highest BCUT2D eigenvalue weighted by Crippen LogP contribution is 2.08. The van der Waals surface area contributed by atoms with Crippen LogP contribution in [0.1, 0.15) is 26.3 Å². The molecule has 1 aromatic rings. The van der Waals surface area contributed by atoms with Gasteiger partial charge in [-0.3, -0.25) is 4.79 Å². The lowest BCUT2D eigenvalue weighted by Crippen LogP contribution is -2.38. The molecule has 0 fully saturated rings. The Morgan fingerprint density at radius 3 is 2.44 bits per heavy atom. The maximum atomic E-state index is 11.9. The molecule has 1 rings (SSSR count). The Morgan fingerprint density at radius 1 is 1.28 bits per heavy atom. The molecule has 0 heterocycles. The first-order chi connectivity index (χ1) is 8.49. The maximum Gasteiger partial charge on any atom is 0.241 e. The van der Waals surface area contributed by atoms with Crippen LogP contribution in [0.15, 0.2) is 35.9 Å². The van der Waals surface area contributed by atoms with Gasteiger partial charge in [0.1, 0.15) is 0 Å². The first kappa shape index (κ1) is 14.5. The van der Waals surface area contributed by atoms with Gasteiger partial charge in [-0.25, -0.2) is 0 Å². The zero-order chi connectivity index (χ0) is 13.5. The van der Waals surface area contributed by atoms with E-state index >= 15 is 0 Å². The third-order valence-electron chi connectivity index (χ3n) is 2.65. The number of hydrogen-bond donors (Lipinski definition) is 2. The predicted molar refractivity (Wildman–Crippen MR) is 76.7 cm³/mol. The Labute approximate surface area is 109 Å². The van der Waals surface area contributed by atoms with Crippen molar-refractivity contribution in [3.63, 3.8) is 0 Å². The molecular weight excluding hydrogens is 224 g/mol. The van der Waals surface area contributed by atoms with E-state index in [1.165, 1.54) is 11.1 Å². The molecule has 2 N–H and O–H groups in total. The average Bonchev–Trinajstić information content (AvgIpc) is 2.31. The fraction of sp³-hybridized carbons (Fsp3) is 0.400. The zero-order valence-electron chi connectivity index (χ0n) is 11.6. The molecule has 0 aliphatic rings. The van der Waals surface area contributed by atoms with Crippen molar-refractivity contribution < 1.29 is 4.79 Å². The van der Waals surface area contributed by atoms with Gasteiger partial charge in [-0.2, -0.15) is 0 Å². The minimum atomic E-state index is -0.207. The van der Waals surface area contributed by atoms with E-state index in [2.05, 4.69) is 16.7 Å². The molecule has 3 heteroatoms. The SMILES string of the molecule is CC(C)=CCNC(C)C(=O)Nc1ccc(C)cc1. The highest BCUT2D eigenvalue weighted by atomic mass is 16.2. The molecule has 0 spiro atoms. The van der Waals surface area contributed by atoms with Gasteiger partial charge in [-0.1, -0.05) is 29.3 Å². The Morgan fingerprint density at radius 2 is 1.89 bits per heavy atom. The molecule has 1 atom stereocenters. The van der Waals surface area contributed by atoms with Gasteiger partial charge in [0.25, 0.3) is 0 Å². The number of hydrogen-bond acceptors (Lipinski definition) is 2. The van der Waals surface area contributed by atoms with Crippen molar-refractivity contribution in [2.45, 2.75) is 33.7 Å². The zero-order valence-corrected chi connectivity index (χ0v) is 11.6. The maximum absolute atomic E-state index is 11.9. The molecule has 1 aromatic carbocycles. The van der Waals surface area contributed by atoms with Crippen molar-refractivity contribution in [2.24, 2.45) is 0 Å². The Balaban J connectivity index is 2.44. The smallest absolute Gasteiger partial charge is 0.241 e. The van der Waals surface area contributed by atoms with Crippen molar-refractivity contribution in [3.8, 4) is 0 Å². The van der Waals surface area contributed by atoms with Gasteiger partial charge >= 0.3 is 0 Å². The highest BCUT2D eigenvalue weighted by molar-refractivity contribution is 5.94. The molecule has 0 saturated heterocycles. The van der Waals surface area contributed by atoms with Gasteiger partial charge in [0.05, 0.1) is 6.04 Å². The lowest BCUT2D eigenvalue weighted by atomic mass is 10.2. The standard InChI is InChI=1S/C15H22N2O/c1-11(2)9-10-16-13(4)15(18)17-14-7-5-12(3)6-8-14/h5-9,13,16H,10H2,1-4H3,(H,17,18). The minimum absolute atomic E-state index is 0.0130. The number of aryl methyl sites for hydroxylation is 1. The molecule has 0 aliphatic heterocycles. The largest absolute Gasteiger partial charge is 0.325 e. The number of amides is 1. The van der Waals surface area contributed by atoms with Crippen LogP contribution in [0.4, 0.5) is 5.69 Å². The average molecular weight is 246 g/mol. The number of carbonyl (C=O) groups is 1. The normalized spacial score (nSPS) is 11.8. The van der Waals surface area contributed by atoms with E-state index in [0.717, 1.165) is 5.69 Å². The predicted octanol–water partition coefficient (Wildman–Crippen LogP) is 2.88. The number of rotatable bonds is 5. The van der Waals surface area contributed by atoms with Crippen LogP contribution in [-0.4, -0.2) is 18.5 Å². The monoisotopic (exact) mass is 246 g/mol. The van der Waals surface area contributed by atoms with Gasteiger partial charge in [0.2, 0.25) is 5.91 Å². The van der Waals surface area contributed by atoms with Crippen LogP contribution < -0.4 is 10.6 Å².